The molecule has 0 amide bonds. The Morgan fingerprint density at radius 2 is 1.81 bits per heavy atom. The van der Waals surface area contributed by atoms with Crippen molar-refractivity contribution in [2.24, 2.45) is 0 Å². The molecule has 0 aromatic heterocycles. The Kier molecular flexibility index (Phi) is 2.80. The van der Waals surface area contributed by atoms with Gasteiger partial charge in [0.25, 0.3) is 0 Å². The average molecular weight is 240 g/mol. The van der Waals surface area contributed by atoms with E-state index in [1.54, 1.807) is 6.92 Å². The topological polar surface area (TPSA) is 40.6 Å². The van der Waals surface area contributed by atoms with E-state index in [0.717, 1.165) is 17.9 Å². The first kappa shape index (κ1) is 11.3. The van der Waals surface area contributed by atoms with Crippen molar-refractivity contribution < 1.29 is 8.42 Å². The van der Waals surface area contributed by atoms with Gasteiger partial charge in [0.2, 0.25) is 10.0 Å². The highest BCUT2D eigenvalue weighted by Crippen LogP contribution is 2.33. The second-order valence-corrected chi connectivity index (χ2v) is 6.06. The number of rotatable bonds is 2. The van der Waals surface area contributed by atoms with Gasteiger partial charge in [0, 0.05) is 13.6 Å². The Morgan fingerprint density at radius 1 is 1.19 bits per heavy atom. The van der Waals surface area contributed by atoms with Crippen LogP contribution in [-0.4, -0.2) is 34.3 Å². The Bertz CT molecular complexity index is 485. The quantitative estimate of drug-likeness (QED) is 0.782. The van der Waals surface area contributed by atoms with Crippen LogP contribution in [0.3, 0.4) is 0 Å². The summed E-state index contributed by atoms with van der Waals surface area (Å²) in [6, 6.07) is 7.61. The predicted molar refractivity (Wildman–Crippen MR) is 66.5 cm³/mol. The summed E-state index contributed by atoms with van der Waals surface area (Å²) < 4.78 is 25.4. The van der Waals surface area contributed by atoms with Crippen molar-refractivity contribution in [1.29, 1.82) is 0 Å². The van der Waals surface area contributed by atoms with E-state index in [2.05, 4.69) is 4.90 Å². The summed E-state index contributed by atoms with van der Waals surface area (Å²) in [4.78, 5) is 2.08. The van der Waals surface area contributed by atoms with Crippen LogP contribution in [-0.2, 0) is 10.0 Å². The maximum Gasteiger partial charge on any atom is 0.235 e. The summed E-state index contributed by atoms with van der Waals surface area (Å²) >= 11 is 0. The number of anilines is 2. The Labute approximate surface area is 96.5 Å². The highest BCUT2D eigenvalue weighted by Gasteiger charge is 2.27. The maximum atomic E-state index is 11.9. The van der Waals surface area contributed by atoms with E-state index in [-0.39, 0.29) is 5.75 Å². The Hall–Kier alpha value is -1.23. The van der Waals surface area contributed by atoms with Gasteiger partial charge in [0.15, 0.2) is 0 Å². The molecule has 1 heterocycles. The van der Waals surface area contributed by atoms with E-state index in [9.17, 15) is 8.42 Å². The van der Waals surface area contributed by atoms with Crippen LogP contribution in [0.15, 0.2) is 24.3 Å². The van der Waals surface area contributed by atoms with Crippen molar-refractivity contribution in [1.82, 2.24) is 0 Å². The number of hydrogen-bond donors (Lipinski definition) is 0. The molecule has 0 bridgehead atoms. The molecular weight excluding hydrogens is 224 g/mol. The third-order valence-electron chi connectivity index (χ3n) is 2.90. The number of nitrogens with zero attached hydrogens (tertiary/aromatic N) is 2. The third kappa shape index (κ3) is 1.75. The summed E-state index contributed by atoms with van der Waals surface area (Å²) in [6.07, 6.45) is 0. The zero-order chi connectivity index (χ0) is 11.8. The van der Waals surface area contributed by atoms with Crippen LogP contribution >= 0.6 is 0 Å². The molecule has 1 aromatic rings. The normalized spacial score (nSPS) is 16.1. The predicted octanol–water partition coefficient (Wildman–Crippen LogP) is 1.29. The molecule has 2 rings (SSSR count). The van der Waals surface area contributed by atoms with E-state index in [4.69, 9.17) is 0 Å². The summed E-state index contributed by atoms with van der Waals surface area (Å²) in [6.45, 7) is 2.94. The van der Waals surface area contributed by atoms with Crippen LogP contribution in [0.1, 0.15) is 6.92 Å². The van der Waals surface area contributed by atoms with Gasteiger partial charge in [-0.15, -0.1) is 0 Å². The molecule has 0 saturated heterocycles. The molecule has 0 radical (unpaired) electrons. The van der Waals surface area contributed by atoms with Crippen LogP contribution in [0.2, 0.25) is 0 Å². The second kappa shape index (κ2) is 3.97. The van der Waals surface area contributed by atoms with Crippen molar-refractivity contribution in [3.8, 4) is 0 Å². The van der Waals surface area contributed by atoms with Crippen molar-refractivity contribution in [3.05, 3.63) is 24.3 Å². The van der Waals surface area contributed by atoms with Crippen molar-refractivity contribution in [2.75, 3.05) is 35.1 Å². The molecule has 0 aliphatic carbocycles. The molecule has 1 aliphatic rings. The lowest BCUT2D eigenvalue weighted by molar-refractivity contribution is 0.590. The molecular formula is C11H16N2O2S. The van der Waals surface area contributed by atoms with Gasteiger partial charge >= 0.3 is 0 Å². The summed E-state index contributed by atoms with van der Waals surface area (Å²) in [7, 11) is -1.17. The smallest absolute Gasteiger partial charge is 0.235 e. The van der Waals surface area contributed by atoms with Gasteiger partial charge in [-0.1, -0.05) is 12.1 Å². The summed E-state index contributed by atoms with van der Waals surface area (Å²) in [5.74, 6) is 0.144. The van der Waals surface area contributed by atoms with Crippen LogP contribution in [0.25, 0.3) is 0 Å². The van der Waals surface area contributed by atoms with Gasteiger partial charge in [-0.2, -0.15) is 0 Å². The first-order valence-corrected chi connectivity index (χ1v) is 6.98. The standard InChI is InChI=1S/C11H16N2O2S/c1-3-16(14,15)13-9-8-12(2)10-6-4-5-7-11(10)13/h4-7H,3,8-9H2,1-2H3. The largest absolute Gasteiger partial charge is 0.371 e. The minimum Gasteiger partial charge on any atom is -0.371 e. The van der Waals surface area contributed by atoms with Gasteiger partial charge in [0.1, 0.15) is 0 Å². The third-order valence-corrected chi connectivity index (χ3v) is 4.68. The minimum atomic E-state index is -3.15. The van der Waals surface area contributed by atoms with Gasteiger partial charge in [-0.3, -0.25) is 4.31 Å². The molecule has 4 nitrogen and oxygen atoms in total. The molecule has 5 heteroatoms. The molecule has 16 heavy (non-hydrogen) atoms. The molecule has 0 N–H and O–H groups in total. The van der Waals surface area contributed by atoms with Crippen molar-refractivity contribution in [3.63, 3.8) is 0 Å². The number of fused-ring (bicyclic) bond motifs is 1. The number of para-hydroxylation sites is 2. The van der Waals surface area contributed by atoms with Crippen LogP contribution < -0.4 is 9.21 Å². The number of likely N-dealkylation sites (N-methyl/N-ethyl adjacent to an activating group) is 1. The minimum absolute atomic E-state index is 0.144. The van der Waals surface area contributed by atoms with Gasteiger partial charge in [-0.25, -0.2) is 8.42 Å². The molecule has 0 unspecified atom stereocenters. The van der Waals surface area contributed by atoms with Gasteiger partial charge < -0.3 is 4.90 Å². The Balaban J connectivity index is 2.51. The molecule has 88 valence electrons. The lowest BCUT2D eigenvalue weighted by atomic mass is 10.2. The second-order valence-electron chi connectivity index (χ2n) is 3.88. The first-order chi connectivity index (χ1) is 7.56. The summed E-state index contributed by atoms with van der Waals surface area (Å²) in [5, 5.41) is 0. The lowest BCUT2D eigenvalue weighted by Gasteiger charge is -2.35. The van der Waals surface area contributed by atoms with Crippen LogP contribution in [0.5, 0.6) is 0 Å². The molecule has 1 aromatic carbocycles. The highest BCUT2D eigenvalue weighted by molar-refractivity contribution is 7.92. The fourth-order valence-corrected chi connectivity index (χ4v) is 3.05. The molecule has 0 atom stereocenters. The number of hydrogen-bond acceptors (Lipinski definition) is 3. The SMILES string of the molecule is CCS(=O)(=O)N1CCN(C)c2ccccc21. The van der Waals surface area contributed by atoms with E-state index >= 15 is 0 Å². The fraction of sp³-hybridized carbons (Fsp3) is 0.455. The van der Waals surface area contributed by atoms with Crippen LogP contribution in [0, 0.1) is 0 Å². The maximum absolute atomic E-state index is 11.9. The fourth-order valence-electron chi connectivity index (χ4n) is 1.92. The van der Waals surface area contributed by atoms with E-state index < -0.39 is 10.0 Å². The molecule has 0 saturated carbocycles. The Morgan fingerprint density at radius 3 is 2.44 bits per heavy atom. The summed E-state index contributed by atoms with van der Waals surface area (Å²) in [5.41, 5.74) is 1.77. The highest BCUT2D eigenvalue weighted by atomic mass is 32.2. The van der Waals surface area contributed by atoms with Crippen LogP contribution in [0.4, 0.5) is 11.4 Å². The first-order valence-electron chi connectivity index (χ1n) is 5.37. The molecule has 0 fully saturated rings. The van der Waals surface area contributed by atoms with E-state index in [1.165, 1.54) is 4.31 Å². The monoisotopic (exact) mass is 240 g/mol. The average Bonchev–Trinajstić information content (AvgIpc) is 2.29. The van der Waals surface area contributed by atoms with E-state index in [0.29, 0.717) is 6.54 Å². The molecule has 0 spiro atoms. The van der Waals surface area contributed by atoms with Crippen molar-refractivity contribution >= 4 is 21.4 Å². The molecule has 1 aliphatic heterocycles. The van der Waals surface area contributed by atoms with E-state index in [1.807, 2.05) is 31.3 Å². The van der Waals surface area contributed by atoms with Crippen molar-refractivity contribution in [2.45, 2.75) is 6.92 Å². The number of benzene rings is 1. The lowest BCUT2D eigenvalue weighted by Crippen LogP contribution is -2.43. The zero-order valence-electron chi connectivity index (χ0n) is 9.55. The van der Waals surface area contributed by atoms with Gasteiger partial charge in [0.05, 0.1) is 23.7 Å². The number of sulfonamides is 1. The van der Waals surface area contributed by atoms with Gasteiger partial charge in [-0.05, 0) is 19.1 Å². The zero-order valence-corrected chi connectivity index (χ0v) is 10.4.